The van der Waals surface area contributed by atoms with Crippen molar-refractivity contribution < 1.29 is 9.59 Å². The molecular weight excluding hydrogens is 486 g/mol. The van der Waals surface area contributed by atoms with Crippen LogP contribution in [0.1, 0.15) is 40.4 Å². The van der Waals surface area contributed by atoms with Gasteiger partial charge in [0.25, 0.3) is 11.8 Å². The number of halogens is 1. The Labute approximate surface area is 213 Å². The molecule has 1 saturated heterocycles. The summed E-state index contributed by atoms with van der Waals surface area (Å²) in [5.74, 6) is -0.679. The van der Waals surface area contributed by atoms with Gasteiger partial charge in [0.05, 0.1) is 16.9 Å². The van der Waals surface area contributed by atoms with Gasteiger partial charge in [0.2, 0.25) is 0 Å². The van der Waals surface area contributed by atoms with Crippen molar-refractivity contribution in [1.29, 1.82) is 0 Å². The van der Waals surface area contributed by atoms with Gasteiger partial charge < -0.3 is 16.0 Å². The summed E-state index contributed by atoms with van der Waals surface area (Å²) in [6.07, 6.45) is 3.53. The molecule has 1 aromatic carbocycles. The van der Waals surface area contributed by atoms with Gasteiger partial charge in [-0.3, -0.25) is 9.59 Å². The van der Waals surface area contributed by atoms with Crippen molar-refractivity contribution in [3.8, 4) is 5.69 Å². The van der Waals surface area contributed by atoms with Gasteiger partial charge in [0, 0.05) is 55.4 Å². The minimum absolute atomic E-state index is 0.0182. The van der Waals surface area contributed by atoms with Gasteiger partial charge in [-0.2, -0.15) is 5.10 Å². The SMILES string of the molecule is CC(C)NC(=O)c1cccc(C(=O)NCc2cnn(-c3ccc(SN4CCNCC4)c(Cl)c3)c2)n1. The lowest BCUT2D eigenvalue weighted by Crippen LogP contribution is -2.39. The largest absolute Gasteiger partial charge is 0.349 e. The van der Waals surface area contributed by atoms with Gasteiger partial charge in [-0.25, -0.2) is 14.0 Å². The molecule has 1 aliphatic rings. The number of piperazine rings is 1. The Morgan fingerprint density at radius 1 is 1.14 bits per heavy atom. The highest BCUT2D eigenvalue weighted by molar-refractivity contribution is 7.97. The molecule has 3 N–H and O–H groups in total. The van der Waals surface area contributed by atoms with Gasteiger partial charge in [0.15, 0.2) is 0 Å². The van der Waals surface area contributed by atoms with E-state index in [0.29, 0.717) is 5.02 Å². The van der Waals surface area contributed by atoms with Crippen LogP contribution in [0.4, 0.5) is 0 Å². The van der Waals surface area contributed by atoms with Crippen molar-refractivity contribution in [3.05, 3.63) is 70.8 Å². The summed E-state index contributed by atoms with van der Waals surface area (Å²) in [5.41, 5.74) is 2.04. The van der Waals surface area contributed by atoms with Crippen molar-refractivity contribution in [1.82, 2.24) is 35.0 Å². The lowest BCUT2D eigenvalue weighted by molar-refractivity contribution is 0.0936. The predicted molar refractivity (Wildman–Crippen MR) is 137 cm³/mol. The summed E-state index contributed by atoms with van der Waals surface area (Å²) in [5, 5.41) is 14.0. The van der Waals surface area contributed by atoms with E-state index in [1.54, 1.807) is 41.0 Å². The minimum atomic E-state index is -0.366. The molecule has 1 aliphatic heterocycles. The van der Waals surface area contributed by atoms with E-state index >= 15 is 0 Å². The number of pyridine rings is 1. The first-order valence-electron chi connectivity index (χ1n) is 11.4. The van der Waals surface area contributed by atoms with E-state index in [-0.39, 0.29) is 35.8 Å². The molecule has 0 atom stereocenters. The maximum absolute atomic E-state index is 12.6. The van der Waals surface area contributed by atoms with Crippen LogP contribution in [0.15, 0.2) is 53.7 Å². The number of rotatable bonds is 8. The summed E-state index contributed by atoms with van der Waals surface area (Å²) in [4.78, 5) is 29.9. The average molecular weight is 514 g/mol. The van der Waals surface area contributed by atoms with Crippen molar-refractivity contribution in [2.45, 2.75) is 31.3 Å². The quantitative estimate of drug-likeness (QED) is 0.398. The fourth-order valence-corrected chi connectivity index (χ4v) is 4.67. The molecule has 3 aromatic rings. The third-order valence-electron chi connectivity index (χ3n) is 5.21. The van der Waals surface area contributed by atoms with Crippen molar-refractivity contribution in [2.24, 2.45) is 0 Å². The number of benzene rings is 1. The highest BCUT2D eigenvalue weighted by Gasteiger charge is 2.15. The number of amides is 2. The number of nitrogens with one attached hydrogen (secondary N) is 3. The summed E-state index contributed by atoms with van der Waals surface area (Å²) in [6.45, 7) is 7.90. The van der Waals surface area contributed by atoms with E-state index < -0.39 is 0 Å². The first kappa shape index (κ1) is 25.2. The van der Waals surface area contributed by atoms with Crippen LogP contribution >= 0.6 is 23.5 Å². The molecule has 2 aromatic heterocycles. The number of aromatic nitrogens is 3. The van der Waals surface area contributed by atoms with Crippen molar-refractivity contribution >= 4 is 35.4 Å². The van der Waals surface area contributed by atoms with Crippen LogP contribution in [0.5, 0.6) is 0 Å². The third-order valence-corrected chi connectivity index (χ3v) is 6.81. The summed E-state index contributed by atoms with van der Waals surface area (Å²) < 4.78 is 4.02. The topological polar surface area (TPSA) is 104 Å². The van der Waals surface area contributed by atoms with Crippen LogP contribution in [0, 0.1) is 0 Å². The fourth-order valence-electron chi connectivity index (χ4n) is 3.47. The average Bonchev–Trinajstić information content (AvgIpc) is 3.33. The molecule has 35 heavy (non-hydrogen) atoms. The normalized spacial score (nSPS) is 14.2. The Morgan fingerprint density at radius 3 is 2.60 bits per heavy atom. The van der Waals surface area contributed by atoms with E-state index in [9.17, 15) is 9.59 Å². The molecule has 184 valence electrons. The van der Waals surface area contributed by atoms with Gasteiger partial charge in [-0.05, 0) is 56.1 Å². The Morgan fingerprint density at radius 2 is 1.89 bits per heavy atom. The van der Waals surface area contributed by atoms with Crippen LogP contribution in [0.25, 0.3) is 5.69 Å². The Hall–Kier alpha value is -2.92. The molecule has 2 amide bonds. The zero-order valence-corrected chi connectivity index (χ0v) is 21.2. The molecule has 11 heteroatoms. The second-order valence-corrected chi connectivity index (χ2v) is 9.94. The molecule has 1 fully saturated rings. The lowest BCUT2D eigenvalue weighted by Gasteiger charge is -2.26. The van der Waals surface area contributed by atoms with Crippen LogP contribution in [-0.2, 0) is 6.54 Å². The molecule has 0 saturated carbocycles. The van der Waals surface area contributed by atoms with Crippen LogP contribution in [0.2, 0.25) is 5.02 Å². The smallest absolute Gasteiger partial charge is 0.270 e. The molecule has 0 spiro atoms. The molecule has 3 heterocycles. The zero-order chi connectivity index (χ0) is 24.8. The Bertz CT molecular complexity index is 1190. The second-order valence-electron chi connectivity index (χ2n) is 8.40. The van der Waals surface area contributed by atoms with E-state index in [2.05, 4.69) is 30.3 Å². The number of hydrogen-bond acceptors (Lipinski definition) is 7. The number of nitrogens with zero attached hydrogens (tertiary/aromatic N) is 4. The first-order chi connectivity index (χ1) is 16.9. The maximum Gasteiger partial charge on any atom is 0.270 e. The van der Waals surface area contributed by atoms with Gasteiger partial charge in [0.1, 0.15) is 11.4 Å². The maximum atomic E-state index is 12.6. The highest BCUT2D eigenvalue weighted by Crippen LogP contribution is 2.31. The van der Waals surface area contributed by atoms with Gasteiger partial charge in [-0.1, -0.05) is 17.7 Å². The van der Waals surface area contributed by atoms with Gasteiger partial charge in [-0.15, -0.1) is 0 Å². The Kier molecular flexibility index (Phi) is 8.40. The summed E-state index contributed by atoms with van der Waals surface area (Å²) >= 11 is 8.21. The lowest BCUT2D eigenvalue weighted by atomic mass is 10.2. The molecular formula is C24H28ClN7O2S. The van der Waals surface area contributed by atoms with Crippen molar-refractivity contribution in [3.63, 3.8) is 0 Å². The predicted octanol–water partition coefficient (Wildman–Crippen LogP) is 2.90. The third kappa shape index (κ3) is 6.82. The summed E-state index contributed by atoms with van der Waals surface area (Å²) in [7, 11) is 0. The van der Waals surface area contributed by atoms with Crippen LogP contribution in [0.3, 0.4) is 0 Å². The van der Waals surface area contributed by atoms with Crippen LogP contribution in [-0.4, -0.2) is 63.1 Å². The molecule has 0 aliphatic carbocycles. The molecule has 9 nitrogen and oxygen atoms in total. The summed E-state index contributed by atoms with van der Waals surface area (Å²) in [6, 6.07) is 10.6. The number of hydrogen-bond donors (Lipinski definition) is 3. The first-order valence-corrected chi connectivity index (χ1v) is 12.6. The number of carbonyl (C=O) groups excluding carboxylic acids is 2. The minimum Gasteiger partial charge on any atom is -0.349 e. The number of carbonyl (C=O) groups is 2. The fraction of sp³-hybridized carbons (Fsp3) is 0.333. The molecule has 0 radical (unpaired) electrons. The van der Waals surface area contributed by atoms with E-state index in [0.717, 1.165) is 42.3 Å². The Balaban J connectivity index is 1.36. The molecule has 0 bridgehead atoms. The van der Waals surface area contributed by atoms with Gasteiger partial charge >= 0.3 is 0 Å². The van der Waals surface area contributed by atoms with E-state index in [4.69, 9.17) is 11.6 Å². The standard InChI is InChI=1S/C24H28ClN7O2S/c1-16(2)29-24(34)21-5-3-4-20(30-21)23(33)27-13-17-14-28-32(15-17)18-6-7-22(19(25)12-18)35-31-10-8-26-9-11-31/h3-7,12,14-16,26H,8-11,13H2,1-2H3,(H,27,33)(H,29,34). The van der Waals surface area contributed by atoms with Crippen LogP contribution < -0.4 is 16.0 Å². The van der Waals surface area contributed by atoms with E-state index in [1.807, 2.05) is 38.2 Å². The second kappa shape index (κ2) is 11.7. The highest BCUT2D eigenvalue weighted by atomic mass is 35.5. The monoisotopic (exact) mass is 513 g/mol. The zero-order valence-electron chi connectivity index (χ0n) is 19.6. The molecule has 0 unspecified atom stereocenters. The van der Waals surface area contributed by atoms with E-state index in [1.165, 1.54) is 0 Å². The van der Waals surface area contributed by atoms with Crippen molar-refractivity contribution in [2.75, 3.05) is 26.2 Å². The molecule has 4 rings (SSSR count).